The molecular weight excluding hydrogens is 276 g/mol. The van der Waals surface area contributed by atoms with Crippen LogP contribution < -0.4 is 5.73 Å². The van der Waals surface area contributed by atoms with Crippen molar-refractivity contribution in [2.45, 2.75) is 39.7 Å². The quantitative estimate of drug-likeness (QED) is 0.926. The summed E-state index contributed by atoms with van der Waals surface area (Å²) in [6.07, 6.45) is 2.00. The topological polar surface area (TPSA) is 59.5 Å². The number of fused-ring (bicyclic) bond motifs is 1. The molecule has 2 N–H and O–H groups in total. The fourth-order valence-electron chi connectivity index (χ4n) is 3.46. The molecule has 1 amide bonds. The van der Waals surface area contributed by atoms with E-state index in [2.05, 4.69) is 6.92 Å². The summed E-state index contributed by atoms with van der Waals surface area (Å²) >= 11 is 0. The number of aryl methyl sites for hydroxylation is 2. The molecule has 2 atom stereocenters. The predicted octanol–water partition coefficient (Wildman–Crippen LogP) is 3.25. The minimum atomic E-state index is -0.0181. The summed E-state index contributed by atoms with van der Waals surface area (Å²) in [5.41, 5.74) is 8.69. The molecule has 3 rings (SSSR count). The van der Waals surface area contributed by atoms with Crippen LogP contribution in [0.3, 0.4) is 0 Å². The SMILES string of the molecule is Cc1c(C(=O)N2CCC(C)CC2CN)oc2c(C)cccc12. The van der Waals surface area contributed by atoms with Crippen LogP contribution in [-0.4, -0.2) is 29.9 Å². The molecule has 22 heavy (non-hydrogen) atoms. The van der Waals surface area contributed by atoms with Crippen LogP contribution in [-0.2, 0) is 0 Å². The van der Waals surface area contributed by atoms with Crippen molar-refractivity contribution in [1.29, 1.82) is 0 Å². The molecule has 1 aliphatic rings. The van der Waals surface area contributed by atoms with E-state index in [1.54, 1.807) is 0 Å². The third-order valence-corrected chi connectivity index (χ3v) is 4.87. The molecule has 118 valence electrons. The number of carbonyl (C=O) groups excluding carboxylic acids is 1. The molecule has 1 aromatic heterocycles. The first-order valence-electron chi connectivity index (χ1n) is 8.02. The number of amides is 1. The summed E-state index contributed by atoms with van der Waals surface area (Å²) in [7, 11) is 0. The zero-order valence-electron chi connectivity index (χ0n) is 13.6. The molecule has 2 unspecified atom stereocenters. The second-order valence-electron chi connectivity index (χ2n) is 6.53. The van der Waals surface area contributed by atoms with Gasteiger partial charge in [-0.1, -0.05) is 25.1 Å². The van der Waals surface area contributed by atoms with Crippen LogP contribution in [0, 0.1) is 19.8 Å². The standard InChI is InChI=1S/C18H24N2O2/c1-11-7-8-20(14(9-11)10-19)18(21)17-13(3)15-6-4-5-12(2)16(15)22-17/h4-6,11,14H,7-10,19H2,1-3H3. The maximum absolute atomic E-state index is 13.0. The number of para-hydroxylation sites is 1. The summed E-state index contributed by atoms with van der Waals surface area (Å²) in [5.74, 6) is 1.07. The van der Waals surface area contributed by atoms with Crippen LogP contribution in [0.25, 0.3) is 11.0 Å². The Morgan fingerprint density at radius 2 is 2.18 bits per heavy atom. The minimum Gasteiger partial charge on any atom is -0.450 e. The Morgan fingerprint density at radius 1 is 1.41 bits per heavy atom. The molecule has 0 spiro atoms. The number of rotatable bonds is 2. The summed E-state index contributed by atoms with van der Waals surface area (Å²) < 4.78 is 5.93. The van der Waals surface area contributed by atoms with Crippen molar-refractivity contribution < 1.29 is 9.21 Å². The average Bonchev–Trinajstić information content (AvgIpc) is 2.85. The second-order valence-corrected chi connectivity index (χ2v) is 6.53. The smallest absolute Gasteiger partial charge is 0.290 e. The van der Waals surface area contributed by atoms with Gasteiger partial charge in [-0.2, -0.15) is 0 Å². The van der Waals surface area contributed by atoms with Gasteiger partial charge in [-0.15, -0.1) is 0 Å². The van der Waals surface area contributed by atoms with Crippen molar-refractivity contribution in [3.8, 4) is 0 Å². The van der Waals surface area contributed by atoms with Crippen LogP contribution >= 0.6 is 0 Å². The van der Waals surface area contributed by atoms with Gasteiger partial charge in [0, 0.05) is 30.1 Å². The van der Waals surface area contributed by atoms with E-state index >= 15 is 0 Å². The van der Waals surface area contributed by atoms with Crippen LogP contribution in [0.1, 0.15) is 41.4 Å². The molecule has 4 heteroatoms. The number of nitrogens with two attached hydrogens (primary N) is 1. The van der Waals surface area contributed by atoms with Crippen LogP contribution in [0.2, 0.25) is 0 Å². The number of piperidine rings is 1. The number of nitrogens with zero attached hydrogens (tertiary/aromatic N) is 1. The summed E-state index contributed by atoms with van der Waals surface area (Å²) in [6, 6.07) is 6.13. The second kappa shape index (κ2) is 5.76. The van der Waals surface area contributed by atoms with E-state index in [1.165, 1.54) is 0 Å². The van der Waals surface area contributed by atoms with E-state index < -0.39 is 0 Å². The molecule has 1 fully saturated rings. The molecule has 1 aliphatic heterocycles. The van der Waals surface area contributed by atoms with E-state index in [4.69, 9.17) is 10.2 Å². The number of likely N-dealkylation sites (tertiary alicyclic amines) is 1. The van der Waals surface area contributed by atoms with Crippen molar-refractivity contribution in [3.63, 3.8) is 0 Å². The van der Waals surface area contributed by atoms with Crippen molar-refractivity contribution in [2.75, 3.05) is 13.1 Å². The van der Waals surface area contributed by atoms with Crippen molar-refractivity contribution >= 4 is 16.9 Å². The average molecular weight is 300 g/mol. The Bertz CT molecular complexity index is 704. The zero-order valence-corrected chi connectivity index (χ0v) is 13.6. The maximum atomic E-state index is 13.0. The first kappa shape index (κ1) is 15.1. The van der Waals surface area contributed by atoms with E-state index in [-0.39, 0.29) is 11.9 Å². The van der Waals surface area contributed by atoms with Crippen LogP contribution in [0.15, 0.2) is 22.6 Å². The fraction of sp³-hybridized carbons (Fsp3) is 0.500. The number of benzene rings is 1. The van der Waals surface area contributed by atoms with Crippen LogP contribution in [0.4, 0.5) is 0 Å². The van der Waals surface area contributed by atoms with Gasteiger partial charge in [-0.3, -0.25) is 4.79 Å². The third-order valence-electron chi connectivity index (χ3n) is 4.87. The zero-order chi connectivity index (χ0) is 15.9. The molecular formula is C18H24N2O2. The van der Waals surface area contributed by atoms with Gasteiger partial charge in [0.25, 0.3) is 5.91 Å². The molecule has 1 aromatic carbocycles. The highest BCUT2D eigenvalue weighted by atomic mass is 16.3. The highest BCUT2D eigenvalue weighted by molar-refractivity contribution is 5.99. The molecule has 0 saturated carbocycles. The number of hydrogen-bond acceptors (Lipinski definition) is 3. The largest absolute Gasteiger partial charge is 0.450 e. The third kappa shape index (κ3) is 2.41. The van der Waals surface area contributed by atoms with Crippen LogP contribution in [0.5, 0.6) is 0 Å². The lowest BCUT2D eigenvalue weighted by Gasteiger charge is -2.37. The Hall–Kier alpha value is -1.81. The molecule has 0 bridgehead atoms. The lowest BCUT2D eigenvalue weighted by molar-refractivity contribution is 0.0543. The van der Waals surface area contributed by atoms with Crippen molar-refractivity contribution in [2.24, 2.45) is 11.7 Å². The first-order valence-corrected chi connectivity index (χ1v) is 8.02. The van der Waals surface area contributed by atoms with E-state index in [0.29, 0.717) is 18.2 Å². The Balaban J connectivity index is 1.98. The van der Waals surface area contributed by atoms with Gasteiger partial charge in [-0.25, -0.2) is 0 Å². The van der Waals surface area contributed by atoms with E-state index in [9.17, 15) is 4.79 Å². The highest BCUT2D eigenvalue weighted by Gasteiger charge is 2.32. The Morgan fingerprint density at radius 3 is 2.86 bits per heavy atom. The summed E-state index contributed by atoms with van der Waals surface area (Å²) in [4.78, 5) is 14.9. The highest BCUT2D eigenvalue weighted by Crippen LogP contribution is 2.30. The van der Waals surface area contributed by atoms with E-state index in [1.807, 2.05) is 36.9 Å². The lowest BCUT2D eigenvalue weighted by Crippen LogP contribution is -2.49. The van der Waals surface area contributed by atoms with Gasteiger partial charge in [0.05, 0.1) is 0 Å². The monoisotopic (exact) mass is 300 g/mol. The molecule has 0 aliphatic carbocycles. The minimum absolute atomic E-state index is 0.0181. The van der Waals surface area contributed by atoms with Gasteiger partial charge in [0.1, 0.15) is 5.58 Å². The maximum Gasteiger partial charge on any atom is 0.290 e. The molecule has 4 nitrogen and oxygen atoms in total. The van der Waals surface area contributed by atoms with Crippen molar-refractivity contribution in [1.82, 2.24) is 4.90 Å². The number of furan rings is 1. The van der Waals surface area contributed by atoms with Gasteiger partial charge >= 0.3 is 0 Å². The number of carbonyl (C=O) groups is 1. The summed E-state index contributed by atoms with van der Waals surface area (Å²) in [6.45, 7) is 7.46. The van der Waals surface area contributed by atoms with E-state index in [0.717, 1.165) is 41.5 Å². The first-order chi connectivity index (χ1) is 10.5. The van der Waals surface area contributed by atoms with Gasteiger partial charge in [0.15, 0.2) is 5.76 Å². The lowest BCUT2D eigenvalue weighted by atomic mass is 9.92. The fourth-order valence-corrected chi connectivity index (χ4v) is 3.46. The Kier molecular flexibility index (Phi) is 3.96. The molecule has 2 aromatic rings. The normalized spacial score (nSPS) is 22.3. The molecule has 1 saturated heterocycles. The van der Waals surface area contributed by atoms with Gasteiger partial charge in [0.2, 0.25) is 0 Å². The Labute approximate surface area is 131 Å². The predicted molar refractivity (Wildman–Crippen MR) is 88.0 cm³/mol. The van der Waals surface area contributed by atoms with Gasteiger partial charge in [-0.05, 0) is 38.2 Å². The number of hydrogen-bond donors (Lipinski definition) is 1. The summed E-state index contributed by atoms with van der Waals surface area (Å²) in [5, 5.41) is 1.03. The van der Waals surface area contributed by atoms with Crippen molar-refractivity contribution in [3.05, 3.63) is 35.1 Å². The van der Waals surface area contributed by atoms with Gasteiger partial charge < -0.3 is 15.1 Å². The molecule has 2 heterocycles. The molecule has 0 radical (unpaired) electrons.